The van der Waals surface area contributed by atoms with Gasteiger partial charge >= 0.3 is 0 Å². The van der Waals surface area contributed by atoms with Crippen LogP contribution in [-0.4, -0.2) is 13.7 Å². The monoisotopic (exact) mass is 739 g/mol. The van der Waals surface area contributed by atoms with E-state index >= 15 is 0 Å². The minimum Gasteiger partial charge on any atom is -0.455 e. The van der Waals surface area contributed by atoms with Crippen LogP contribution in [-0.2, 0) is 0 Å². The molecule has 270 valence electrons. The Balaban J connectivity index is 1.27. The van der Waals surface area contributed by atoms with E-state index in [1.54, 1.807) is 0 Å². The van der Waals surface area contributed by atoms with E-state index in [0.29, 0.717) is 0 Å². The standard InChI is InChI=1S/C54H33N3O/c1-4-17-34(18-5-1)38-26-16-27-40-39-32-31-37(33-47(39)58-54(38)40)57-46-30-15-12-25-43(46)50-52-48(41-23-10-13-28-44(41)55(52)35-19-6-2-7-20-35)51-49(53(50)57)42-24-11-14-29-45(42)56(51)36-21-8-3-9-22-36/h1-33H. The normalized spacial score (nSPS) is 12.1. The average Bonchev–Trinajstić information content (AvgIpc) is 4.03. The topological polar surface area (TPSA) is 27.9 Å². The second kappa shape index (κ2) is 11.8. The molecule has 4 nitrogen and oxygen atoms in total. The van der Waals surface area contributed by atoms with Crippen molar-refractivity contribution in [3.05, 3.63) is 200 Å². The minimum atomic E-state index is 0.865. The van der Waals surface area contributed by atoms with Crippen LogP contribution in [0.25, 0.3) is 116 Å². The molecule has 0 aliphatic heterocycles. The van der Waals surface area contributed by atoms with Gasteiger partial charge in [-0.15, -0.1) is 0 Å². The Bertz CT molecular complexity index is 3700. The molecule has 13 rings (SSSR count). The van der Waals surface area contributed by atoms with E-state index in [4.69, 9.17) is 4.42 Å². The summed E-state index contributed by atoms with van der Waals surface area (Å²) in [5.41, 5.74) is 14.4. The van der Waals surface area contributed by atoms with Crippen molar-refractivity contribution in [3.63, 3.8) is 0 Å². The summed E-state index contributed by atoms with van der Waals surface area (Å²) in [7, 11) is 0. The molecule has 4 heteroatoms. The first-order chi connectivity index (χ1) is 28.8. The van der Waals surface area contributed by atoms with Gasteiger partial charge in [0.25, 0.3) is 0 Å². The Kier molecular flexibility index (Phi) is 6.41. The highest BCUT2D eigenvalue weighted by Crippen LogP contribution is 2.50. The number of benzene rings is 9. The summed E-state index contributed by atoms with van der Waals surface area (Å²) in [6, 6.07) is 72.2. The molecule has 4 heterocycles. The summed E-state index contributed by atoms with van der Waals surface area (Å²) < 4.78 is 14.4. The smallest absolute Gasteiger partial charge is 0.143 e. The number of furan rings is 1. The van der Waals surface area contributed by atoms with Gasteiger partial charge in [-0.1, -0.05) is 140 Å². The number of para-hydroxylation sites is 6. The molecule has 0 N–H and O–H groups in total. The molecule has 58 heavy (non-hydrogen) atoms. The second-order valence-corrected chi connectivity index (χ2v) is 15.2. The van der Waals surface area contributed by atoms with Crippen molar-refractivity contribution in [2.75, 3.05) is 0 Å². The maximum Gasteiger partial charge on any atom is 0.143 e. The van der Waals surface area contributed by atoms with Gasteiger partial charge in [0.2, 0.25) is 0 Å². The Morgan fingerprint density at radius 3 is 1.26 bits per heavy atom. The van der Waals surface area contributed by atoms with Crippen molar-refractivity contribution >= 4 is 87.4 Å². The summed E-state index contributed by atoms with van der Waals surface area (Å²) in [5, 5.41) is 9.56. The van der Waals surface area contributed by atoms with Crippen LogP contribution < -0.4 is 0 Å². The Labute approximate surface area is 332 Å². The molecular formula is C54H33N3O. The number of fused-ring (bicyclic) bond motifs is 15. The van der Waals surface area contributed by atoms with Crippen LogP contribution in [0.2, 0.25) is 0 Å². The largest absolute Gasteiger partial charge is 0.455 e. The van der Waals surface area contributed by atoms with Crippen LogP contribution in [0.3, 0.4) is 0 Å². The molecular weight excluding hydrogens is 707 g/mol. The van der Waals surface area contributed by atoms with Gasteiger partial charge in [-0.05, 0) is 60.2 Å². The second-order valence-electron chi connectivity index (χ2n) is 15.2. The number of rotatable bonds is 4. The van der Waals surface area contributed by atoms with Gasteiger partial charge in [0.15, 0.2) is 0 Å². The number of hydrogen-bond acceptors (Lipinski definition) is 1. The molecule has 0 aliphatic carbocycles. The van der Waals surface area contributed by atoms with Crippen LogP contribution in [0.5, 0.6) is 0 Å². The van der Waals surface area contributed by atoms with Gasteiger partial charge in [0, 0.05) is 71.8 Å². The maximum atomic E-state index is 6.89. The fourth-order valence-electron chi connectivity index (χ4n) is 9.88. The maximum absolute atomic E-state index is 6.89. The lowest BCUT2D eigenvalue weighted by molar-refractivity contribution is 0.669. The Morgan fingerprint density at radius 1 is 0.310 bits per heavy atom. The highest BCUT2D eigenvalue weighted by Gasteiger charge is 2.29. The van der Waals surface area contributed by atoms with Crippen LogP contribution in [0, 0.1) is 0 Å². The molecule has 0 aliphatic rings. The molecule has 13 aromatic rings. The molecule has 4 aromatic heterocycles. The molecule has 0 saturated carbocycles. The summed E-state index contributed by atoms with van der Waals surface area (Å²) in [6.07, 6.45) is 0. The predicted molar refractivity (Wildman–Crippen MR) is 242 cm³/mol. The third-order valence-corrected chi connectivity index (χ3v) is 12.2. The summed E-state index contributed by atoms with van der Waals surface area (Å²) in [4.78, 5) is 0. The molecule has 0 fully saturated rings. The third kappa shape index (κ3) is 4.18. The average molecular weight is 740 g/mol. The van der Waals surface area contributed by atoms with Crippen LogP contribution >= 0.6 is 0 Å². The van der Waals surface area contributed by atoms with Crippen molar-refractivity contribution in [3.8, 4) is 28.2 Å². The first-order valence-electron chi connectivity index (χ1n) is 19.9. The molecule has 0 atom stereocenters. The zero-order valence-electron chi connectivity index (χ0n) is 31.3. The van der Waals surface area contributed by atoms with E-state index in [2.05, 4.69) is 214 Å². The summed E-state index contributed by atoms with van der Waals surface area (Å²) >= 11 is 0. The van der Waals surface area contributed by atoms with E-state index in [1.807, 2.05) is 0 Å². The summed E-state index contributed by atoms with van der Waals surface area (Å²) in [5.74, 6) is 0. The number of hydrogen-bond donors (Lipinski definition) is 0. The van der Waals surface area contributed by atoms with Crippen molar-refractivity contribution in [1.82, 2.24) is 13.7 Å². The lowest BCUT2D eigenvalue weighted by Gasteiger charge is -2.13. The zero-order chi connectivity index (χ0) is 37.9. The fourth-order valence-corrected chi connectivity index (χ4v) is 9.88. The quantitative estimate of drug-likeness (QED) is 0.177. The van der Waals surface area contributed by atoms with E-state index in [-0.39, 0.29) is 0 Å². The van der Waals surface area contributed by atoms with Crippen molar-refractivity contribution < 1.29 is 4.42 Å². The third-order valence-electron chi connectivity index (χ3n) is 12.2. The van der Waals surface area contributed by atoms with Gasteiger partial charge in [-0.2, -0.15) is 0 Å². The van der Waals surface area contributed by atoms with E-state index in [9.17, 15) is 0 Å². The molecule has 0 bridgehead atoms. The zero-order valence-corrected chi connectivity index (χ0v) is 31.3. The minimum absolute atomic E-state index is 0.865. The van der Waals surface area contributed by atoms with Gasteiger partial charge < -0.3 is 18.1 Å². The highest BCUT2D eigenvalue weighted by molar-refractivity contribution is 6.40. The SMILES string of the molecule is c1ccc(-c2cccc3c2oc2cc(-n4c5ccccc5c5c6c(c7ccccc7n6-c6ccccc6)c6c(c7ccccc7n6-c6ccccc6)c54)ccc23)cc1. The lowest BCUT2D eigenvalue weighted by atomic mass is 10.0. The van der Waals surface area contributed by atoms with Crippen molar-refractivity contribution in [2.45, 2.75) is 0 Å². The molecule has 0 saturated heterocycles. The first-order valence-corrected chi connectivity index (χ1v) is 19.9. The van der Waals surface area contributed by atoms with E-state index < -0.39 is 0 Å². The molecule has 0 unspecified atom stereocenters. The van der Waals surface area contributed by atoms with E-state index in [1.165, 1.54) is 59.9 Å². The van der Waals surface area contributed by atoms with Crippen LogP contribution in [0.1, 0.15) is 0 Å². The highest BCUT2D eigenvalue weighted by atomic mass is 16.3. The molecule has 9 aromatic carbocycles. The molecule has 0 spiro atoms. The Morgan fingerprint density at radius 2 is 0.741 bits per heavy atom. The Hall–Kier alpha value is -7.82. The van der Waals surface area contributed by atoms with Gasteiger partial charge in [-0.25, -0.2) is 0 Å². The fraction of sp³-hybridized carbons (Fsp3) is 0. The van der Waals surface area contributed by atoms with Crippen LogP contribution in [0.15, 0.2) is 205 Å². The van der Waals surface area contributed by atoms with Crippen molar-refractivity contribution in [1.29, 1.82) is 0 Å². The molecule has 0 radical (unpaired) electrons. The predicted octanol–water partition coefficient (Wildman–Crippen LogP) is 14.5. The molecule has 0 amide bonds. The lowest BCUT2D eigenvalue weighted by Crippen LogP contribution is -1.98. The van der Waals surface area contributed by atoms with Gasteiger partial charge in [-0.3, -0.25) is 0 Å². The number of aromatic nitrogens is 3. The van der Waals surface area contributed by atoms with Crippen LogP contribution in [0.4, 0.5) is 0 Å². The van der Waals surface area contributed by atoms with Crippen molar-refractivity contribution in [2.24, 2.45) is 0 Å². The number of nitrogens with zero attached hydrogens (tertiary/aromatic N) is 3. The van der Waals surface area contributed by atoms with E-state index in [0.717, 1.165) is 55.6 Å². The van der Waals surface area contributed by atoms with Gasteiger partial charge in [0.1, 0.15) is 11.2 Å². The van der Waals surface area contributed by atoms with Gasteiger partial charge in [0.05, 0.1) is 33.1 Å². The summed E-state index contributed by atoms with van der Waals surface area (Å²) in [6.45, 7) is 0. The first kappa shape index (κ1) is 31.4.